The molecule has 7 nitrogen and oxygen atoms in total. The predicted octanol–water partition coefficient (Wildman–Crippen LogP) is 5.50. The lowest BCUT2D eigenvalue weighted by Crippen LogP contribution is -2.41. The van der Waals surface area contributed by atoms with Gasteiger partial charge in [-0.2, -0.15) is 4.31 Å². The fourth-order valence-electron chi connectivity index (χ4n) is 4.60. The Morgan fingerprint density at radius 1 is 1.08 bits per heavy atom. The molecule has 1 aromatic heterocycles. The zero-order chi connectivity index (χ0) is 26.0. The molecule has 1 aliphatic heterocycles. The van der Waals surface area contributed by atoms with Crippen LogP contribution in [-0.4, -0.2) is 68.3 Å². The van der Waals surface area contributed by atoms with E-state index in [1.165, 1.54) is 22.5 Å². The Morgan fingerprint density at radius 2 is 1.76 bits per heavy atom. The number of thiazole rings is 1. The first kappa shape index (κ1) is 29.5. The average molecular weight is 565 g/mol. The van der Waals surface area contributed by atoms with Crippen LogP contribution in [0.2, 0.25) is 0 Å². The monoisotopic (exact) mass is 564 g/mol. The van der Waals surface area contributed by atoms with Crippen LogP contribution in [-0.2, 0) is 10.0 Å². The van der Waals surface area contributed by atoms with E-state index in [9.17, 15) is 13.2 Å². The minimum atomic E-state index is -3.58. The minimum Gasteiger partial charge on any atom is -0.309 e. The summed E-state index contributed by atoms with van der Waals surface area (Å²) < 4.78 is 29.1. The first-order valence-corrected chi connectivity index (χ1v) is 14.8. The van der Waals surface area contributed by atoms with E-state index in [0.29, 0.717) is 23.8 Å². The van der Waals surface area contributed by atoms with Gasteiger partial charge in [0.2, 0.25) is 10.0 Å². The summed E-state index contributed by atoms with van der Waals surface area (Å²) in [6.45, 7) is 8.02. The van der Waals surface area contributed by atoms with Gasteiger partial charge in [0, 0.05) is 24.7 Å². The number of carbonyl (C=O) groups is 1. The topological polar surface area (TPSA) is 73.8 Å². The van der Waals surface area contributed by atoms with Crippen molar-refractivity contribution in [3.63, 3.8) is 0 Å². The molecular formula is C27H37ClN4O3S2. The number of anilines is 1. The normalized spacial score (nSPS) is 16.6. The van der Waals surface area contributed by atoms with Crippen molar-refractivity contribution in [3.8, 4) is 0 Å². The molecule has 37 heavy (non-hydrogen) atoms. The van der Waals surface area contributed by atoms with Crippen LogP contribution in [0.4, 0.5) is 5.13 Å². The molecular weight excluding hydrogens is 528 g/mol. The molecule has 0 saturated carbocycles. The third kappa shape index (κ3) is 6.52. The highest BCUT2D eigenvalue weighted by molar-refractivity contribution is 7.89. The summed E-state index contributed by atoms with van der Waals surface area (Å²) in [5.74, 6) is -0.170. The Labute approximate surface area is 230 Å². The summed E-state index contributed by atoms with van der Waals surface area (Å²) >= 11 is 1.51. The van der Waals surface area contributed by atoms with Gasteiger partial charge < -0.3 is 4.90 Å². The van der Waals surface area contributed by atoms with Gasteiger partial charge in [0.05, 0.1) is 15.1 Å². The van der Waals surface area contributed by atoms with Gasteiger partial charge in [-0.1, -0.05) is 17.8 Å². The molecule has 3 aromatic rings. The molecule has 1 fully saturated rings. The number of rotatable bonds is 8. The summed E-state index contributed by atoms with van der Waals surface area (Å²) in [6, 6.07) is 10.6. The molecule has 0 spiro atoms. The lowest BCUT2D eigenvalue weighted by atomic mass is 10.1. The number of fused-ring (bicyclic) bond motifs is 1. The highest BCUT2D eigenvalue weighted by atomic mass is 35.5. The fourth-order valence-corrected chi connectivity index (χ4v) is 7.37. The molecule has 10 heteroatoms. The number of halogens is 1. The lowest BCUT2D eigenvalue weighted by Gasteiger charge is -2.32. The van der Waals surface area contributed by atoms with E-state index in [-0.39, 0.29) is 29.3 Å². The fraction of sp³-hybridized carbons (Fsp3) is 0.481. The molecule has 1 saturated heterocycles. The summed E-state index contributed by atoms with van der Waals surface area (Å²) in [7, 11) is 0.441. The number of hydrogen-bond donors (Lipinski definition) is 0. The van der Waals surface area contributed by atoms with Crippen LogP contribution in [0.5, 0.6) is 0 Å². The zero-order valence-electron chi connectivity index (χ0n) is 22.2. The highest BCUT2D eigenvalue weighted by Crippen LogP contribution is 2.32. The second-order valence-electron chi connectivity index (χ2n) is 10.00. The molecule has 1 aliphatic rings. The Bertz CT molecular complexity index is 1300. The molecule has 0 radical (unpaired) electrons. The zero-order valence-corrected chi connectivity index (χ0v) is 24.7. The van der Waals surface area contributed by atoms with E-state index >= 15 is 0 Å². The van der Waals surface area contributed by atoms with E-state index in [1.54, 1.807) is 33.5 Å². The van der Waals surface area contributed by atoms with Crippen molar-refractivity contribution in [1.29, 1.82) is 0 Å². The Hall–Kier alpha value is -2.04. The van der Waals surface area contributed by atoms with E-state index in [2.05, 4.69) is 30.9 Å². The Balaban J connectivity index is 0.00000380. The van der Waals surface area contributed by atoms with Crippen molar-refractivity contribution in [2.24, 2.45) is 0 Å². The molecule has 202 valence electrons. The van der Waals surface area contributed by atoms with Gasteiger partial charge in [-0.25, -0.2) is 13.4 Å². The van der Waals surface area contributed by atoms with Crippen LogP contribution in [0.1, 0.15) is 54.1 Å². The van der Waals surface area contributed by atoms with Crippen molar-refractivity contribution in [3.05, 3.63) is 53.1 Å². The molecule has 0 N–H and O–H groups in total. The number of nitrogens with zero attached hydrogens (tertiary/aromatic N) is 4. The molecule has 1 amide bonds. The second kappa shape index (κ2) is 12.2. The van der Waals surface area contributed by atoms with Crippen LogP contribution in [0, 0.1) is 13.8 Å². The smallest absolute Gasteiger partial charge is 0.260 e. The lowest BCUT2D eigenvalue weighted by molar-refractivity contribution is 0.0986. The van der Waals surface area contributed by atoms with E-state index in [1.807, 2.05) is 21.0 Å². The largest absolute Gasteiger partial charge is 0.309 e. The van der Waals surface area contributed by atoms with Crippen molar-refractivity contribution in [1.82, 2.24) is 14.2 Å². The van der Waals surface area contributed by atoms with E-state index in [0.717, 1.165) is 42.4 Å². The number of benzene rings is 2. The maximum atomic E-state index is 13.7. The highest BCUT2D eigenvalue weighted by Gasteiger charge is 2.31. The first-order valence-electron chi connectivity index (χ1n) is 12.5. The second-order valence-corrected chi connectivity index (χ2v) is 12.9. The number of piperidine rings is 1. The number of carbonyl (C=O) groups excluding carboxylic acids is 1. The van der Waals surface area contributed by atoms with Gasteiger partial charge in [-0.15, -0.1) is 12.4 Å². The SMILES string of the molecule is Cc1cc2nc(N(CCCN(C)C)C(=O)c3ccc(S(=O)(=O)N4CCCCC4C)cc3)sc2cc1C.Cl. The molecule has 1 unspecified atom stereocenters. The van der Waals surface area contributed by atoms with Crippen molar-refractivity contribution in [2.75, 3.05) is 38.6 Å². The standard InChI is InChI=1S/C27H36N4O3S2.ClH/c1-19-17-24-25(18-20(19)2)35-27(28-24)30(15-8-14-29(4)5)26(32)22-10-12-23(13-11-22)36(33,34)31-16-7-6-9-21(31)3;/h10-13,17-18,21H,6-9,14-16H2,1-5H3;1H. The molecule has 0 aliphatic carbocycles. The van der Waals surface area contributed by atoms with Crippen LogP contribution in [0.3, 0.4) is 0 Å². The summed E-state index contributed by atoms with van der Waals surface area (Å²) in [5.41, 5.74) is 3.71. The number of aromatic nitrogens is 1. The van der Waals surface area contributed by atoms with Crippen LogP contribution >= 0.6 is 23.7 Å². The Kier molecular flexibility index (Phi) is 9.74. The number of amides is 1. The quantitative estimate of drug-likeness (QED) is 0.361. The summed E-state index contributed by atoms with van der Waals surface area (Å²) in [5, 5.41) is 0.664. The molecule has 1 atom stereocenters. The van der Waals surface area contributed by atoms with Gasteiger partial charge in [0.25, 0.3) is 5.91 Å². The number of hydrogen-bond acceptors (Lipinski definition) is 6. The van der Waals surface area contributed by atoms with Crippen LogP contribution in [0.15, 0.2) is 41.3 Å². The summed E-state index contributed by atoms with van der Waals surface area (Å²) in [6.07, 6.45) is 3.60. The van der Waals surface area contributed by atoms with Crippen molar-refractivity contribution >= 4 is 55.0 Å². The summed E-state index contributed by atoms with van der Waals surface area (Å²) in [4.78, 5) is 22.5. The number of aryl methyl sites for hydroxylation is 2. The van der Waals surface area contributed by atoms with Gasteiger partial charge in [0.15, 0.2) is 5.13 Å². The third-order valence-electron chi connectivity index (χ3n) is 6.91. The molecule has 2 aromatic carbocycles. The Morgan fingerprint density at radius 3 is 2.41 bits per heavy atom. The number of sulfonamides is 1. The van der Waals surface area contributed by atoms with Gasteiger partial charge >= 0.3 is 0 Å². The van der Waals surface area contributed by atoms with E-state index < -0.39 is 10.0 Å². The molecule has 0 bridgehead atoms. The van der Waals surface area contributed by atoms with Gasteiger partial charge in [0.1, 0.15) is 0 Å². The van der Waals surface area contributed by atoms with Crippen molar-refractivity contribution in [2.45, 2.75) is 57.4 Å². The maximum Gasteiger partial charge on any atom is 0.260 e. The molecule has 4 rings (SSSR count). The van der Waals surface area contributed by atoms with Crippen LogP contribution in [0.25, 0.3) is 10.2 Å². The minimum absolute atomic E-state index is 0. The van der Waals surface area contributed by atoms with Gasteiger partial charge in [-0.3, -0.25) is 9.69 Å². The first-order chi connectivity index (χ1) is 17.1. The van der Waals surface area contributed by atoms with Crippen LogP contribution < -0.4 is 4.90 Å². The third-order valence-corrected chi connectivity index (χ3v) is 9.97. The van der Waals surface area contributed by atoms with Gasteiger partial charge in [-0.05, 0) is 108 Å². The average Bonchev–Trinajstić information content (AvgIpc) is 3.24. The predicted molar refractivity (Wildman–Crippen MR) is 155 cm³/mol. The maximum absolute atomic E-state index is 13.7. The molecule has 2 heterocycles. The van der Waals surface area contributed by atoms with Crippen molar-refractivity contribution < 1.29 is 13.2 Å². The van der Waals surface area contributed by atoms with E-state index in [4.69, 9.17) is 4.98 Å².